The average molecular weight is 252 g/mol. The second-order valence-corrected chi connectivity index (χ2v) is 3.14. The van der Waals surface area contributed by atoms with Gasteiger partial charge in [-0.25, -0.2) is 4.39 Å². The van der Waals surface area contributed by atoms with Crippen molar-refractivity contribution in [3.8, 4) is 0 Å². The van der Waals surface area contributed by atoms with Crippen LogP contribution in [-0.2, 0) is 0 Å². The van der Waals surface area contributed by atoms with Crippen molar-refractivity contribution >= 4 is 34.0 Å². The van der Waals surface area contributed by atoms with Crippen LogP contribution in [0.2, 0.25) is 0 Å². The SMILES string of the molecule is Nc1cc(I)cc(F)c1N. The first-order valence-electron chi connectivity index (χ1n) is 2.61. The molecule has 0 unspecified atom stereocenters. The molecule has 0 saturated carbocycles. The van der Waals surface area contributed by atoms with Crippen LogP contribution in [0.15, 0.2) is 12.1 Å². The van der Waals surface area contributed by atoms with Gasteiger partial charge in [0, 0.05) is 3.57 Å². The topological polar surface area (TPSA) is 52.0 Å². The predicted octanol–water partition coefficient (Wildman–Crippen LogP) is 1.59. The molecule has 2 nitrogen and oxygen atoms in total. The molecule has 1 rings (SSSR count). The zero-order valence-electron chi connectivity index (χ0n) is 5.07. The monoisotopic (exact) mass is 252 g/mol. The van der Waals surface area contributed by atoms with Crippen LogP contribution in [0.4, 0.5) is 15.8 Å². The first kappa shape index (κ1) is 7.59. The maximum absolute atomic E-state index is 12.6. The maximum atomic E-state index is 12.6. The Bertz CT molecular complexity index is 239. The van der Waals surface area contributed by atoms with Crippen LogP contribution in [0.3, 0.4) is 0 Å². The summed E-state index contributed by atoms with van der Waals surface area (Å²) in [6.07, 6.45) is 0. The van der Waals surface area contributed by atoms with E-state index in [1.807, 2.05) is 22.6 Å². The third-order valence-corrected chi connectivity index (χ3v) is 1.75. The van der Waals surface area contributed by atoms with E-state index < -0.39 is 5.82 Å². The molecule has 0 spiro atoms. The highest BCUT2D eigenvalue weighted by Gasteiger charge is 2.02. The van der Waals surface area contributed by atoms with E-state index >= 15 is 0 Å². The fourth-order valence-corrected chi connectivity index (χ4v) is 1.21. The Morgan fingerprint density at radius 3 is 2.40 bits per heavy atom. The van der Waals surface area contributed by atoms with E-state index in [1.165, 1.54) is 6.07 Å². The molecule has 0 bridgehead atoms. The van der Waals surface area contributed by atoms with Crippen molar-refractivity contribution in [3.63, 3.8) is 0 Å². The van der Waals surface area contributed by atoms with Gasteiger partial charge in [0.25, 0.3) is 0 Å². The third kappa shape index (κ3) is 1.31. The second-order valence-electron chi connectivity index (χ2n) is 1.89. The van der Waals surface area contributed by atoms with E-state index in [1.54, 1.807) is 6.07 Å². The molecule has 1 aromatic carbocycles. The van der Waals surface area contributed by atoms with Crippen molar-refractivity contribution in [2.24, 2.45) is 0 Å². The minimum absolute atomic E-state index is 0.0282. The quantitative estimate of drug-likeness (QED) is 0.544. The minimum atomic E-state index is -0.454. The molecular formula is C6H6FIN2. The lowest BCUT2D eigenvalue weighted by Crippen LogP contribution is -1.98. The number of hydrogen-bond donors (Lipinski definition) is 2. The lowest BCUT2D eigenvalue weighted by atomic mass is 10.3. The zero-order chi connectivity index (χ0) is 7.72. The van der Waals surface area contributed by atoms with Crippen LogP contribution in [0.5, 0.6) is 0 Å². The summed E-state index contributed by atoms with van der Waals surface area (Å²) in [5, 5.41) is 0. The molecule has 0 aliphatic rings. The standard InChI is InChI=1S/C6H6FIN2/c7-4-1-3(8)2-5(9)6(4)10/h1-2H,9-10H2. The molecule has 0 radical (unpaired) electrons. The Kier molecular flexibility index (Phi) is 1.98. The van der Waals surface area contributed by atoms with E-state index in [4.69, 9.17) is 11.5 Å². The number of hydrogen-bond acceptors (Lipinski definition) is 2. The van der Waals surface area contributed by atoms with Gasteiger partial charge in [-0.15, -0.1) is 0 Å². The van der Waals surface area contributed by atoms with Gasteiger partial charge in [-0.1, -0.05) is 0 Å². The summed E-state index contributed by atoms with van der Waals surface area (Å²) in [7, 11) is 0. The molecular weight excluding hydrogens is 246 g/mol. The molecule has 10 heavy (non-hydrogen) atoms. The molecule has 1 aromatic rings. The van der Waals surface area contributed by atoms with Crippen LogP contribution in [0, 0.1) is 9.39 Å². The van der Waals surface area contributed by atoms with Crippen LogP contribution in [-0.4, -0.2) is 0 Å². The van der Waals surface area contributed by atoms with E-state index in [2.05, 4.69) is 0 Å². The Balaban J connectivity index is 3.31. The van der Waals surface area contributed by atoms with Crippen LogP contribution in [0.25, 0.3) is 0 Å². The highest BCUT2D eigenvalue weighted by atomic mass is 127. The first-order chi connectivity index (χ1) is 4.61. The van der Waals surface area contributed by atoms with Crippen LogP contribution >= 0.6 is 22.6 Å². The lowest BCUT2D eigenvalue weighted by molar-refractivity contribution is 0.632. The van der Waals surface area contributed by atoms with Crippen LogP contribution < -0.4 is 11.5 Å². The third-order valence-electron chi connectivity index (χ3n) is 1.13. The Labute approximate surface area is 71.5 Å². The molecule has 0 saturated heterocycles. The lowest BCUT2D eigenvalue weighted by Gasteiger charge is -2.00. The maximum Gasteiger partial charge on any atom is 0.149 e. The van der Waals surface area contributed by atoms with E-state index in [-0.39, 0.29) is 5.69 Å². The van der Waals surface area contributed by atoms with E-state index in [0.29, 0.717) is 5.69 Å². The normalized spacial score (nSPS) is 9.80. The fourth-order valence-electron chi connectivity index (χ4n) is 0.605. The predicted molar refractivity (Wildman–Crippen MR) is 47.9 cm³/mol. The average Bonchev–Trinajstić information content (AvgIpc) is 1.82. The molecule has 0 aromatic heterocycles. The van der Waals surface area contributed by atoms with Gasteiger partial charge >= 0.3 is 0 Å². The van der Waals surface area contributed by atoms with Crippen molar-refractivity contribution in [1.29, 1.82) is 0 Å². The fraction of sp³-hybridized carbons (Fsp3) is 0. The summed E-state index contributed by atoms with van der Waals surface area (Å²) in [5.41, 5.74) is 10.9. The summed E-state index contributed by atoms with van der Waals surface area (Å²) < 4.78 is 13.4. The first-order valence-corrected chi connectivity index (χ1v) is 3.69. The van der Waals surface area contributed by atoms with Gasteiger partial charge in [0.1, 0.15) is 5.82 Å². The number of halogens is 2. The van der Waals surface area contributed by atoms with Gasteiger partial charge in [0.05, 0.1) is 11.4 Å². The summed E-state index contributed by atoms with van der Waals surface area (Å²) in [6.45, 7) is 0. The number of benzene rings is 1. The molecule has 0 aliphatic carbocycles. The smallest absolute Gasteiger partial charge is 0.149 e. The van der Waals surface area contributed by atoms with Gasteiger partial charge in [0.15, 0.2) is 0 Å². The summed E-state index contributed by atoms with van der Waals surface area (Å²) in [5.74, 6) is -0.454. The van der Waals surface area contributed by atoms with Crippen molar-refractivity contribution < 1.29 is 4.39 Å². The Morgan fingerprint density at radius 2 is 1.90 bits per heavy atom. The number of anilines is 2. The number of nitrogens with two attached hydrogens (primary N) is 2. The van der Waals surface area contributed by atoms with Crippen LogP contribution in [0.1, 0.15) is 0 Å². The highest BCUT2D eigenvalue weighted by Crippen LogP contribution is 2.21. The van der Waals surface area contributed by atoms with Crippen molar-refractivity contribution in [1.82, 2.24) is 0 Å². The molecule has 4 heteroatoms. The van der Waals surface area contributed by atoms with Gasteiger partial charge in [-0.05, 0) is 34.7 Å². The summed E-state index contributed by atoms with van der Waals surface area (Å²) in [6, 6.07) is 2.96. The van der Waals surface area contributed by atoms with Gasteiger partial charge < -0.3 is 11.5 Å². The molecule has 0 heterocycles. The van der Waals surface area contributed by atoms with E-state index in [9.17, 15) is 4.39 Å². The van der Waals surface area contributed by atoms with Crippen molar-refractivity contribution in [2.45, 2.75) is 0 Å². The van der Waals surface area contributed by atoms with Gasteiger partial charge in [0.2, 0.25) is 0 Å². The summed E-state index contributed by atoms with van der Waals surface area (Å²) in [4.78, 5) is 0. The number of nitrogen functional groups attached to an aromatic ring is 2. The summed E-state index contributed by atoms with van der Waals surface area (Å²) >= 11 is 1.97. The molecule has 0 atom stereocenters. The van der Waals surface area contributed by atoms with E-state index in [0.717, 1.165) is 3.57 Å². The molecule has 54 valence electrons. The number of rotatable bonds is 0. The van der Waals surface area contributed by atoms with Gasteiger partial charge in [-0.3, -0.25) is 0 Å². The minimum Gasteiger partial charge on any atom is -0.397 e. The van der Waals surface area contributed by atoms with Crippen molar-refractivity contribution in [3.05, 3.63) is 21.5 Å². The zero-order valence-corrected chi connectivity index (χ0v) is 7.22. The Morgan fingerprint density at radius 1 is 1.30 bits per heavy atom. The molecule has 0 aliphatic heterocycles. The van der Waals surface area contributed by atoms with Gasteiger partial charge in [-0.2, -0.15) is 0 Å². The second kappa shape index (κ2) is 2.61. The highest BCUT2D eigenvalue weighted by molar-refractivity contribution is 14.1. The molecule has 0 fully saturated rings. The van der Waals surface area contributed by atoms with Crippen molar-refractivity contribution in [2.75, 3.05) is 11.5 Å². The Hall–Kier alpha value is -0.520. The molecule has 0 amide bonds. The molecule has 4 N–H and O–H groups in total. The largest absolute Gasteiger partial charge is 0.397 e.